The largest absolute Gasteiger partial charge is 0.486 e. The van der Waals surface area contributed by atoms with Crippen molar-refractivity contribution >= 4 is 17.5 Å². The van der Waals surface area contributed by atoms with Crippen LogP contribution in [0.2, 0.25) is 0 Å². The highest BCUT2D eigenvalue weighted by Crippen LogP contribution is 2.61. The van der Waals surface area contributed by atoms with Gasteiger partial charge in [0.15, 0.2) is 11.5 Å². The molecule has 4 fully saturated rings. The Morgan fingerprint density at radius 3 is 2.44 bits per heavy atom. The van der Waals surface area contributed by atoms with Crippen LogP contribution in [0, 0.1) is 23.2 Å². The molecule has 6 nitrogen and oxygen atoms in total. The van der Waals surface area contributed by atoms with Gasteiger partial charge < -0.3 is 19.7 Å². The van der Waals surface area contributed by atoms with E-state index in [0.717, 1.165) is 52.5 Å². The van der Waals surface area contributed by atoms with Crippen LogP contribution in [0.3, 0.4) is 0 Å². The monoisotopic (exact) mass is 486 g/mol. The molecule has 1 N–H and O–H groups in total. The maximum atomic E-state index is 13.4. The third-order valence-electron chi connectivity index (χ3n) is 9.28. The van der Waals surface area contributed by atoms with E-state index in [9.17, 15) is 9.59 Å². The van der Waals surface area contributed by atoms with Crippen molar-refractivity contribution in [2.24, 2.45) is 23.2 Å². The number of amides is 2. The second-order valence-corrected chi connectivity index (χ2v) is 11.9. The van der Waals surface area contributed by atoms with E-state index in [1.807, 2.05) is 41.3 Å². The summed E-state index contributed by atoms with van der Waals surface area (Å²) in [6, 6.07) is 11.6. The van der Waals surface area contributed by atoms with Crippen LogP contribution in [-0.4, -0.2) is 36.5 Å². The summed E-state index contributed by atoms with van der Waals surface area (Å²) >= 11 is 0. The molecule has 4 saturated carbocycles. The van der Waals surface area contributed by atoms with Gasteiger partial charge in [0.1, 0.15) is 13.2 Å². The molecule has 0 spiro atoms. The van der Waals surface area contributed by atoms with E-state index >= 15 is 0 Å². The molecule has 6 heteroatoms. The standard InChI is InChI=1S/C30H34N2O4/c33-28(17-30-14-20-10-21(15-30)12-22(11-20)16-30)31-25-3-1-2-24-23(25)6-7-32(29(24)34)18-19-4-5-26-27(13-19)36-9-8-35-26/h1-5,13,20-22H,6-12,14-18H2,(H,31,33). The van der Waals surface area contributed by atoms with Crippen LogP contribution in [0.5, 0.6) is 11.5 Å². The number of benzene rings is 2. The van der Waals surface area contributed by atoms with Crippen molar-refractivity contribution in [3.05, 3.63) is 53.1 Å². The van der Waals surface area contributed by atoms with Gasteiger partial charge in [-0.15, -0.1) is 0 Å². The fraction of sp³-hybridized carbons (Fsp3) is 0.533. The fourth-order valence-corrected chi connectivity index (χ4v) is 8.29. The number of rotatable bonds is 5. The summed E-state index contributed by atoms with van der Waals surface area (Å²) in [5, 5.41) is 3.22. The average molecular weight is 487 g/mol. The van der Waals surface area contributed by atoms with Crippen LogP contribution in [0.25, 0.3) is 0 Å². The number of anilines is 1. The Morgan fingerprint density at radius 1 is 0.972 bits per heavy atom. The van der Waals surface area contributed by atoms with E-state index in [2.05, 4.69) is 5.32 Å². The van der Waals surface area contributed by atoms with Crippen LogP contribution in [0.4, 0.5) is 5.69 Å². The number of ether oxygens (including phenoxy) is 2. The first-order valence-corrected chi connectivity index (χ1v) is 13.6. The first-order chi connectivity index (χ1) is 17.5. The molecule has 4 aliphatic carbocycles. The Kier molecular flexibility index (Phi) is 5.26. The van der Waals surface area contributed by atoms with Gasteiger partial charge >= 0.3 is 0 Å². The molecule has 2 amide bonds. The number of hydrogen-bond acceptors (Lipinski definition) is 4. The quantitative estimate of drug-likeness (QED) is 0.631. The van der Waals surface area contributed by atoms with Crippen LogP contribution in [0.1, 0.15) is 66.4 Å². The first kappa shape index (κ1) is 22.2. The average Bonchev–Trinajstić information content (AvgIpc) is 2.85. The summed E-state index contributed by atoms with van der Waals surface area (Å²) in [5.74, 6) is 4.16. The Balaban J connectivity index is 1.05. The molecule has 2 aliphatic heterocycles. The lowest BCUT2D eigenvalue weighted by atomic mass is 9.49. The molecule has 36 heavy (non-hydrogen) atoms. The van der Waals surface area contributed by atoms with Crippen LogP contribution >= 0.6 is 0 Å². The zero-order valence-electron chi connectivity index (χ0n) is 20.8. The second-order valence-electron chi connectivity index (χ2n) is 11.9. The highest BCUT2D eigenvalue weighted by molar-refractivity contribution is 6.00. The first-order valence-electron chi connectivity index (χ1n) is 13.6. The predicted octanol–water partition coefficient (Wildman–Crippen LogP) is 5.20. The summed E-state index contributed by atoms with van der Waals surface area (Å²) in [6.07, 6.45) is 9.21. The van der Waals surface area contributed by atoms with E-state index in [-0.39, 0.29) is 17.2 Å². The van der Waals surface area contributed by atoms with Crippen LogP contribution in [-0.2, 0) is 17.8 Å². The van der Waals surface area contributed by atoms with E-state index in [0.29, 0.717) is 38.3 Å². The molecule has 2 aromatic rings. The van der Waals surface area contributed by atoms with Crippen LogP contribution < -0.4 is 14.8 Å². The van der Waals surface area contributed by atoms with Gasteiger partial charge in [0.25, 0.3) is 5.91 Å². The van der Waals surface area contributed by atoms with Gasteiger partial charge in [0.2, 0.25) is 5.91 Å². The summed E-state index contributed by atoms with van der Waals surface area (Å²) in [4.78, 5) is 28.5. The van der Waals surface area contributed by atoms with E-state index in [1.54, 1.807) is 0 Å². The van der Waals surface area contributed by atoms with Gasteiger partial charge in [0, 0.05) is 30.8 Å². The Bertz CT molecular complexity index is 1190. The van der Waals surface area contributed by atoms with E-state index < -0.39 is 0 Å². The highest BCUT2D eigenvalue weighted by atomic mass is 16.6. The summed E-state index contributed by atoms with van der Waals surface area (Å²) in [5.41, 5.74) is 3.72. The zero-order chi connectivity index (χ0) is 24.3. The SMILES string of the molecule is O=C(CC12CC3CC(CC(C3)C1)C2)Nc1cccc2c1CCN(Cc1ccc3c(c1)OCCO3)C2=O. The van der Waals surface area contributed by atoms with Gasteiger partial charge in [-0.25, -0.2) is 0 Å². The molecule has 188 valence electrons. The van der Waals surface area contributed by atoms with Gasteiger partial charge in [-0.2, -0.15) is 0 Å². The number of nitrogens with one attached hydrogen (secondary N) is 1. The molecular weight excluding hydrogens is 452 g/mol. The van der Waals surface area contributed by atoms with Crippen molar-refractivity contribution in [3.63, 3.8) is 0 Å². The maximum absolute atomic E-state index is 13.4. The minimum Gasteiger partial charge on any atom is -0.486 e. The summed E-state index contributed by atoms with van der Waals surface area (Å²) in [6.45, 7) is 2.26. The lowest BCUT2D eigenvalue weighted by Crippen LogP contribution is -2.47. The van der Waals surface area contributed by atoms with Crippen molar-refractivity contribution in [3.8, 4) is 11.5 Å². The topological polar surface area (TPSA) is 67.9 Å². The lowest BCUT2D eigenvalue weighted by Gasteiger charge is -2.56. The Labute approximate surface area is 212 Å². The molecule has 0 aromatic heterocycles. The van der Waals surface area contributed by atoms with Crippen molar-refractivity contribution in [1.82, 2.24) is 4.90 Å². The molecule has 0 radical (unpaired) electrons. The molecule has 0 unspecified atom stereocenters. The third-order valence-corrected chi connectivity index (χ3v) is 9.28. The van der Waals surface area contributed by atoms with E-state index in [4.69, 9.17) is 9.47 Å². The fourth-order valence-electron chi connectivity index (χ4n) is 8.29. The molecular formula is C30H34N2O4. The smallest absolute Gasteiger partial charge is 0.254 e. The molecule has 8 rings (SSSR count). The highest BCUT2D eigenvalue weighted by Gasteiger charge is 2.51. The molecule has 4 bridgehead atoms. The van der Waals surface area contributed by atoms with Crippen molar-refractivity contribution in [2.45, 2.75) is 57.9 Å². The zero-order valence-corrected chi connectivity index (χ0v) is 20.8. The Morgan fingerprint density at radius 2 is 1.69 bits per heavy atom. The maximum Gasteiger partial charge on any atom is 0.254 e. The molecule has 0 saturated heterocycles. The van der Waals surface area contributed by atoms with Gasteiger partial charge in [-0.1, -0.05) is 12.1 Å². The molecule has 2 aromatic carbocycles. The number of nitrogens with zero attached hydrogens (tertiary/aromatic N) is 1. The second kappa shape index (κ2) is 8.53. The van der Waals surface area contributed by atoms with Crippen molar-refractivity contribution in [2.75, 3.05) is 25.1 Å². The van der Waals surface area contributed by atoms with Crippen molar-refractivity contribution in [1.29, 1.82) is 0 Å². The minimum atomic E-state index is 0.0170. The summed E-state index contributed by atoms with van der Waals surface area (Å²) in [7, 11) is 0. The van der Waals surface area contributed by atoms with Crippen molar-refractivity contribution < 1.29 is 19.1 Å². The number of hydrogen-bond donors (Lipinski definition) is 1. The summed E-state index contributed by atoms with van der Waals surface area (Å²) < 4.78 is 11.3. The Hall–Kier alpha value is -3.02. The van der Waals surface area contributed by atoms with Gasteiger partial charge in [-0.05, 0) is 104 Å². The van der Waals surface area contributed by atoms with Gasteiger partial charge in [0.05, 0.1) is 0 Å². The molecule has 6 aliphatic rings. The van der Waals surface area contributed by atoms with Gasteiger partial charge in [-0.3, -0.25) is 9.59 Å². The number of fused-ring (bicyclic) bond motifs is 2. The molecule has 2 heterocycles. The van der Waals surface area contributed by atoms with Crippen LogP contribution in [0.15, 0.2) is 36.4 Å². The number of carbonyl (C=O) groups is 2. The normalized spacial score (nSPS) is 29.7. The van der Waals surface area contributed by atoms with E-state index in [1.165, 1.54) is 38.5 Å². The lowest BCUT2D eigenvalue weighted by molar-refractivity contribution is -0.124. The predicted molar refractivity (Wildman–Crippen MR) is 136 cm³/mol. The molecule has 0 atom stereocenters. The number of carbonyl (C=O) groups excluding carboxylic acids is 2. The third kappa shape index (κ3) is 3.95. The minimum absolute atomic E-state index is 0.0170.